The van der Waals surface area contributed by atoms with Crippen molar-refractivity contribution in [2.45, 2.75) is 12.8 Å². The number of benzene rings is 6. The van der Waals surface area contributed by atoms with Crippen molar-refractivity contribution in [3.63, 3.8) is 0 Å². The van der Waals surface area contributed by atoms with Gasteiger partial charge in [0.15, 0.2) is 0 Å². The number of rotatable bonds is 8. The van der Waals surface area contributed by atoms with Crippen molar-refractivity contribution in [1.82, 2.24) is 0 Å². The first-order valence-corrected chi connectivity index (χ1v) is 18.8. The fourth-order valence-electron chi connectivity index (χ4n) is 6.54. The molecule has 2 heterocycles. The zero-order valence-electron chi connectivity index (χ0n) is 27.5. The molecule has 6 aromatic carbocycles. The number of thiophene rings is 2. The molecule has 1 amide bonds. The molecular weight excluding hydrogens is 758 g/mol. The van der Waals surface area contributed by atoms with Gasteiger partial charge < -0.3 is 5.32 Å². The maximum atomic E-state index is 15.0. The number of amides is 1. The maximum Gasteiger partial charge on any atom is 0.255 e. The molecule has 2 nitrogen and oxygen atoms in total. The zero-order chi connectivity index (χ0) is 36.8. The average Bonchev–Trinajstić information content (AvgIpc) is 3.73. The van der Waals surface area contributed by atoms with Crippen molar-refractivity contribution in [2.75, 3.05) is 5.32 Å². The molecule has 10 heteroatoms. The van der Waals surface area contributed by atoms with Crippen LogP contribution in [0.25, 0.3) is 42.4 Å². The third-order valence-electron chi connectivity index (χ3n) is 8.83. The van der Waals surface area contributed by atoms with E-state index in [0.29, 0.717) is 56.0 Å². The molecule has 2 aromatic heterocycles. The van der Waals surface area contributed by atoms with Gasteiger partial charge in [-0.15, -0.1) is 22.7 Å². The van der Waals surface area contributed by atoms with Gasteiger partial charge in [-0.1, -0.05) is 59.6 Å². The molecule has 0 saturated heterocycles. The molecule has 8 aromatic rings. The SMILES string of the molecule is O=C(Nc1cccc(-c2ccc(F)c3cc(Cc4cc(F)cc(Cl)c4)sc23)c1)c1cccc(-c2ccc(F)c3cc(Cc4cc(F)cc(Cl)c4)sc23)c1. The van der Waals surface area contributed by atoms with Crippen LogP contribution in [-0.4, -0.2) is 5.91 Å². The molecule has 0 bridgehead atoms. The maximum absolute atomic E-state index is 15.0. The molecule has 53 heavy (non-hydrogen) atoms. The van der Waals surface area contributed by atoms with E-state index in [-0.39, 0.29) is 17.5 Å². The van der Waals surface area contributed by atoms with Crippen molar-refractivity contribution in [3.05, 3.63) is 181 Å². The predicted octanol–water partition coefficient (Wildman–Crippen LogP) is 13.7. The lowest BCUT2D eigenvalue weighted by Crippen LogP contribution is -2.11. The van der Waals surface area contributed by atoms with Crippen LogP contribution in [0.3, 0.4) is 0 Å². The smallest absolute Gasteiger partial charge is 0.255 e. The van der Waals surface area contributed by atoms with Gasteiger partial charge in [0, 0.05) is 64.1 Å². The Kier molecular flexibility index (Phi) is 9.55. The summed E-state index contributed by atoms with van der Waals surface area (Å²) in [7, 11) is 0. The molecule has 1 N–H and O–H groups in total. The Morgan fingerprint density at radius 2 is 1.08 bits per heavy atom. The van der Waals surface area contributed by atoms with Gasteiger partial charge in [-0.3, -0.25) is 4.79 Å². The fraction of sp³-hybridized carbons (Fsp3) is 0.0465. The summed E-state index contributed by atoms with van der Waals surface area (Å²) >= 11 is 14.9. The van der Waals surface area contributed by atoms with Gasteiger partial charge in [-0.25, -0.2) is 17.6 Å². The van der Waals surface area contributed by atoms with Crippen molar-refractivity contribution >= 4 is 77.6 Å². The third kappa shape index (κ3) is 7.46. The second-order valence-electron chi connectivity index (χ2n) is 12.6. The van der Waals surface area contributed by atoms with Crippen molar-refractivity contribution < 1.29 is 22.4 Å². The van der Waals surface area contributed by atoms with Crippen LogP contribution in [0.4, 0.5) is 23.2 Å². The monoisotopic (exact) mass is 781 g/mol. The van der Waals surface area contributed by atoms with Crippen LogP contribution < -0.4 is 5.32 Å². The van der Waals surface area contributed by atoms with Gasteiger partial charge in [0.1, 0.15) is 23.3 Å². The number of nitrogens with one attached hydrogen (secondary N) is 1. The summed E-state index contributed by atoms with van der Waals surface area (Å²) in [6.07, 6.45) is 0.782. The molecule has 0 aliphatic heterocycles. The fourth-order valence-corrected chi connectivity index (χ4v) is 9.50. The predicted molar refractivity (Wildman–Crippen MR) is 211 cm³/mol. The van der Waals surface area contributed by atoms with Gasteiger partial charge >= 0.3 is 0 Å². The number of hydrogen-bond acceptors (Lipinski definition) is 3. The molecule has 0 spiro atoms. The summed E-state index contributed by atoms with van der Waals surface area (Å²) in [6, 6.07) is 33.0. The van der Waals surface area contributed by atoms with E-state index in [2.05, 4.69) is 5.32 Å². The quantitative estimate of drug-likeness (QED) is 0.153. The minimum atomic E-state index is -0.434. The highest BCUT2D eigenvalue weighted by Gasteiger charge is 2.17. The molecule has 0 radical (unpaired) electrons. The number of carbonyl (C=O) groups is 1. The highest BCUT2D eigenvalue weighted by Crippen LogP contribution is 2.40. The Balaban J connectivity index is 1.05. The molecule has 0 atom stereocenters. The first-order chi connectivity index (χ1) is 25.6. The highest BCUT2D eigenvalue weighted by atomic mass is 35.5. The summed E-state index contributed by atoms with van der Waals surface area (Å²) in [5, 5.41) is 4.49. The zero-order valence-corrected chi connectivity index (χ0v) is 30.6. The molecule has 8 rings (SSSR count). The average molecular weight is 783 g/mol. The van der Waals surface area contributed by atoms with Crippen LogP contribution in [0.2, 0.25) is 10.0 Å². The standard InChI is InChI=1S/C43H25Cl2F4NOS2/c44-28-11-23(13-30(46)19-28)15-33-21-37-39(48)9-7-35(41(37)52-33)25-3-1-5-27(17-25)43(51)50-32-6-2-4-26(18-32)36-8-10-40(49)38-22-34(53-42(36)38)16-24-12-29(45)20-31(47)14-24/h1-14,17-22H,15-16H2,(H,50,51). The summed E-state index contributed by atoms with van der Waals surface area (Å²) in [4.78, 5) is 15.3. The third-order valence-corrected chi connectivity index (χ3v) is 11.6. The molecular formula is C43H25Cl2F4NOS2. The van der Waals surface area contributed by atoms with E-state index < -0.39 is 11.6 Å². The van der Waals surface area contributed by atoms with Crippen LogP contribution >= 0.6 is 45.9 Å². The van der Waals surface area contributed by atoms with Gasteiger partial charge in [0.25, 0.3) is 5.91 Å². The van der Waals surface area contributed by atoms with Crippen LogP contribution in [0.15, 0.2) is 121 Å². The van der Waals surface area contributed by atoms with Crippen LogP contribution in [-0.2, 0) is 12.8 Å². The van der Waals surface area contributed by atoms with E-state index in [1.54, 1.807) is 60.7 Å². The summed E-state index contributed by atoms with van der Waals surface area (Å²) < 4.78 is 59.4. The van der Waals surface area contributed by atoms with Crippen molar-refractivity contribution in [3.8, 4) is 22.3 Å². The van der Waals surface area contributed by atoms with Crippen LogP contribution in [0.1, 0.15) is 31.2 Å². The minimum Gasteiger partial charge on any atom is -0.322 e. The number of anilines is 1. The lowest BCUT2D eigenvalue weighted by molar-refractivity contribution is 0.102. The first-order valence-electron chi connectivity index (χ1n) is 16.4. The highest BCUT2D eigenvalue weighted by molar-refractivity contribution is 7.20. The van der Waals surface area contributed by atoms with E-state index in [4.69, 9.17) is 23.2 Å². The normalized spacial score (nSPS) is 11.4. The van der Waals surface area contributed by atoms with Gasteiger partial charge in [-0.2, -0.15) is 0 Å². The second-order valence-corrected chi connectivity index (χ2v) is 15.8. The largest absolute Gasteiger partial charge is 0.322 e. The van der Waals surface area contributed by atoms with E-state index in [1.807, 2.05) is 24.3 Å². The summed E-state index contributed by atoms with van der Waals surface area (Å²) in [6.45, 7) is 0. The Bertz CT molecular complexity index is 2680. The van der Waals surface area contributed by atoms with Gasteiger partial charge in [0.2, 0.25) is 0 Å². The molecule has 0 fully saturated rings. The Labute approximate surface area is 319 Å². The van der Waals surface area contributed by atoms with E-state index >= 15 is 8.78 Å². The second kappa shape index (κ2) is 14.4. The lowest BCUT2D eigenvalue weighted by atomic mass is 10.0. The number of halogens is 6. The van der Waals surface area contributed by atoms with E-state index in [9.17, 15) is 13.6 Å². The van der Waals surface area contributed by atoms with Crippen molar-refractivity contribution in [2.24, 2.45) is 0 Å². The first kappa shape index (κ1) is 35.1. The molecule has 0 aliphatic carbocycles. The Morgan fingerprint density at radius 3 is 1.60 bits per heavy atom. The number of hydrogen-bond donors (Lipinski definition) is 1. The van der Waals surface area contributed by atoms with E-state index in [0.717, 1.165) is 41.4 Å². The van der Waals surface area contributed by atoms with Crippen LogP contribution in [0.5, 0.6) is 0 Å². The van der Waals surface area contributed by atoms with Crippen molar-refractivity contribution in [1.29, 1.82) is 0 Å². The lowest BCUT2D eigenvalue weighted by Gasteiger charge is -2.10. The Morgan fingerprint density at radius 1 is 0.566 bits per heavy atom. The van der Waals surface area contributed by atoms with Crippen LogP contribution in [0, 0.1) is 23.3 Å². The topological polar surface area (TPSA) is 29.1 Å². The minimum absolute atomic E-state index is 0.296. The number of carbonyl (C=O) groups excluding carboxylic acids is 1. The molecule has 0 saturated carbocycles. The number of fused-ring (bicyclic) bond motifs is 2. The molecule has 0 unspecified atom stereocenters. The van der Waals surface area contributed by atoms with Gasteiger partial charge in [-0.05, 0) is 118 Å². The summed E-state index contributed by atoms with van der Waals surface area (Å²) in [5.74, 6) is -1.93. The molecule has 0 aliphatic rings. The van der Waals surface area contributed by atoms with E-state index in [1.165, 1.54) is 59.1 Å². The van der Waals surface area contributed by atoms with Gasteiger partial charge in [0.05, 0.1) is 0 Å². The Hall–Kier alpha value is -4.99. The summed E-state index contributed by atoms with van der Waals surface area (Å²) in [5.41, 5.74) is 5.40. The molecule has 262 valence electrons.